The van der Waals surface area contributed by atoms with Gasteiger partial charge in [-0.2, -0.15) is 0 Å². The summed E-state index contributed by atoms with van der Waals surface area (Å²) in [4.78, 5) is 25.2. The van der Waals surface area contributed by atoms with Crippen LogP contribution >= 0.6 is 0 Å². The van der Waals surface area contributed by atoms with E-state index in [1.165, 1.54) is 4.90 Å². The van der Waals surface area contributed by atoms with Crippen LogP contribution in [0, 0.1) is 5.92 Å². The fraction of sp³-hybridized carbons (Fsp3) is 0.529. The predicted molar refractivity (Wildman–Crippen MR) is 90.8 cm³/mol. The molecule has 2 rings (SSSR count). The van der Waals surface area contributed by atoms with E-state index in [1.807, 2.05) is 0 Å². The summed E-state index contributed by atoms with van der Waals surface area (Å²) in [5, 5.41) is 2.81. The number of anilines is 1. The Morgan fingerprint density at radius 2 is 1.92 bits per heavy atom. The van der Waals surface area contributed by atoms with Crippen LogP contribution in [0.15, 0.2) is 24.3 Å². The lowest BCUT2D eigenvalue weighted by Crippen LogP contribution is -2.43. The van der Waals surface area contributed by atoms with Crippen LogP contribution in [-0.4, -0.2) is 56.7 Å². The van der Waals surface area contributed by atoms with Crippen molar-refractivity contribution in [3.63, 3.8) is 0 Å². The smallest absolute Gasteiger partial charge is 0.259 e. The molecule has 1 unspecified atom stereocenters. The van der Waals surface area contributed by atoms with E-state index >= 15 is 0 Å². The van der Waals surface area contributed by atoms with Crippen LogP contribution in [-0.2, 0) is 14.3 Å². The molecule has 0 bridgehead atoms. The summed E-state index contributed by atoms with van der Waals surface area (Å²) in [7, 11) is 3.35. The SMILES string of the molecule is CN(C)C(=O)COc1ccc(NC(=O)C(N)C2CCOCC2)cc1. The van der Waals surface area contributed by atoms with Gasteiger partial charge in [-0.15, -0.1) is 0 Å². The molecule has 7 heteroatoms. The largest absolute Gasteiger partial charge is 0.484 e. The Morgan fingerprint density at radius 3 is 2.50 bits per heavy atom. The van der Waals surface area contributed by atoms with Crippen LogP contribution in [0.5, 0.6) is 5.75 Å². The van der Waals surface area contributed by atoms with Crippen LogP contribution in [0.3, 0.4) is 0 Å². The van der Waals surface area contributed by atoms with Gasteiger partial charge in [-0.3, -0.25) is 9.59 Å². The highest BCUT2D eigenvalue weighted by Crippen LogP contribution is 2.20. The summed E-state index contributed by atoms with van der Waals surface area (Å²) in [6.07, 6.45) is 1.61. The Kier molecular flexibility index (Phi) is 6.57. The van der Waals surface area contributed by atoms with Gasteiger partial charge in [-0.05, 0) is 43.0 Å². The first-order chi connectivity index (χ1) is 11.5. The zero-order valence-electron chi connectivity index (χ0n) is 14.2. The standard InChI is InChI=1S/C17H25N3O4/c1-20(2)15(21)11-24-14-5-3-13(4-6-14)19-17(22)16(18)12-7-9-23-10-8-12/h3-6,12,16H,7-11,18H2,1-2H3,(H,19,22). The van der Waals surface area contributed by atoms with Crippen molar-refractivity contribution in [1.29, 1.82) is 0 Å². The number of ether oxygens (including phenoxy) is 2. The molecule has 0 spiro atoms. The fourth-order valence-corrected chi connectivity index (χ4v) is 2.42. The first kappa shape index (κ1) is 18.2. The second kappa shape index (κ2) is 8.65. The maximum atomic E-state index is 12.2. The molecule has 3 N–H and O–H groups in total. The molecular formula is C17H25N3O4. The molecular weight excluding hydrogens is 310 g/mol. The average molecular weight is 335 g/mol. The molecule has 1 heterocycles. The Labute approximate surface area is 142 Å². The number of rotatable bonds is 6. The first-order valence-corrected chi connectivity index (χ1v) is 8.04. The third kappa shape index (κ3) is 5.21. The molecule has 1 aliphatic rings. The van der Waals surface area contributed by atoms with Crippen LogP contribution in [0.2, 0.25) is 0 Å². The first-order valence-electron chi connectivity index (χ1n) is 8.04. The van der Waals surface area contributed by atoms with Gasteiger partial charge in [0, 0.05) is 33.0 Å². The summed E-state index contributed by atoms with van der Waals surface area (Å²) in [5.41, 5.74) is 6.69. The second-order valence-electron chi connectivity index (χ2n) is 6.07. The summed E-state index contributed by atoms with van der Waals surface area (Å²) in [6, 6.07) is 6.33. The number of hydrogen-bond acceptors (Lipinski definition) is 5. The lowest BCUT2D eigenvalue weighted by atomic mass is 9.92. The second-order valence-corrected chi connectivity index (χ2v) is 6.07. The van der Waals surface area contributed by atoms with Gasteiger partial charge >= 0.3 is 0 Å². The number of hydrogen-bond donors (Lipinski definition) is 2. The molecule has 0 radical (unpaired) electrons. The van der Waals surface area contributed by atoms with Gasteiger partial charge in [0.15, 0.2) is 6.61 Å². The molecule has 1 fully saturated rings. The zero-order valence-corrected chi connectivity index (χ0v) is 14.2. The van der Waals surface area contributed by atoms with Crippen LogP contribution < -0.4 is 15.8 Å². The van der Waals surface area contributed by atoms with Gasteiger partial charge in [-0.25, -0.2) is 0 Å². The van der Waals surface area contributed by atoms with Crippen LogP contribution in [0.4, 0.5) is 5.69 Å². The highest BCUT2D eigenvalue weighted by molar-refractivity contribution is 5.94. The highest BCUT2D eigenvalue weighted by Gasteiger charge is 2.26. The maximum Gasteiger partial charge on any atom is 0.259 e. The summed E-state index contributed by atoms with van der Waals surface area (Å²) >= 11 is 0. The molecule has 0 aliphatic carbocycles. The lowest BCUT2D eigenvalue weighted by molar-refractivity contribution is -0.130. The van der Waals surface area contributed by atoms with E-state index in [2.05, 4.69) is 5.32 Å². The number of amides is 2. The highest BCUT2D eigenvalue weighted by atomic mass is 16.5. The van der Waals surface area contributed by atoms with Gasteiger partial charge in [0.2, 0.25) is 5.91 Å². The molecule has 1 saturated heterocycles. The summed E-state index contributed by atoms with van der Waals surface area (Å²) < 4.78 is 10.7. The number of nitrogens with zero attached hydrogens (tertiary/aromatic N) is 1. The number of carbonyl (C=O) groups excluding carboxylic acids is 2. The number of nitrogens with one attached hydrogen (secondary N) is 1. The molecule has 0 saturated carbocycles. The number of benzene rings is 1. The third-order valence-corrected chi connectivity index (χ3v) is 4.06. The Balaban J connectivity index is 1.84. The molecule has 24 heavy (non-hydrogen) atoms. The van der Waals surface area contributed by atoms with Crippen molar-refractivity contribution in [1.82, 2.24) is 4.90 Å². The molecule has 132 valence electrons. The van der Waals surface area contributed by atoms with Crippen molar-refractivity contribution in [2.45, 2.75) is 18.9 Å². The van der Waals surface area contributed by atoms with Crippen molar-refractivity contribution >= 4 is 17.5 Å². The minimum absolute atomic E-state index is 0.0205. The number of carbonyl (C=O) groups is 2. The van der Waals surface area contributed by atoms with E-state index in [1.54, 1.807) is 38.4 Å². The van der Waals surface area contributed by atoms with Crippen LogP contribution in [0.25, 0.3) is 0 Å². The number of nitrogens with two attached hydrogens (primary N) is 1. The minimum Gasteiger partial charge on any atom is -0.484 e. The molecule has 1 atom stereocenters. The Morgan fingerprint density at radius 1 is 1.29 bits per heavy atom. The molecule has 1 aromatic carbocycles. The monoisotopic (exact) mass is 335 g/mol. The Bertz CT molecular complexity index is 553. The van der Waals surface area contributed by atoms with E-state index in [0.29, 0.717) is 24.7 Å². The summed E-state index contributed by atoms with van der Waals surface area (Å²) in [6.45, 7) is 1.29. The van der Waals surface area contributed by atoms with E-state index in [0.717, 1.165) is 12.8 Å². The van der Waals surface area contributed by atoms with E-state index < -0.39 is 6.04 Å². The molecule has 0 aromatic heterocycles. The van der Waals surface area contributed by atoms with E-state index in [4.69, 9.17) is 15.2 Å². The third-order valence-electron chi connectivity index (χ3n) is 4.06. The van der Waals surface area contributed by atoms with E-state index in [9.17, 15) is 9.59 Å². The van der Waals surface area contributed by atoms with Gasteiger partial charge < -0.3 is 25.4 Å². The van der Waals surface area contributed by atoms with Crippen molar-refractivity contribution in [2.75, 3.05) is 39.2 Å². The van der Waals surface area contributed by atoms with Crippen LogP contribution in [0.1, 0.15) is 12.8 Å². The predicted octanol–water partition coefficient (Wildman–Crippen LogP) is 0.846. The molecule has 1 aliphatic heterocycles. The minimum atomic E-state index is -0.539. The van der Waals surface area contributed by atoms with Crippen molar-refractivity contribution in [2.24, 2.45) is 11.7 Å². The molecule has 7 nitrogen and oxygen atoms in total. The van der Waals surface area contributed by atoms with Crippen molar-refractivity contribution in [3.8, 4) is 5.75 Å². The maximum absolute atomic E-state index is 12.2. The zero-order chi connectivity index (χ0) is 17.5. The fourth-order valence-electron chi connectivity index (χ4n) is 2.42. The average Bonchev–Trinajstić information content (AvgIpc) is 2.60. The lowest BCUT2D eigenvalue weighted by Gasteiger charge is -2.26. The summed E-state index contributed by atoms with van der Waals surface area (Å²) in [5.74, 6) is 0.406. The Hall–Kier alpha value is -2.12. The van der Waals surface area contributed by atoms with Gasteiger partial charge in [0.05, 0.1) is 6.04 Å². The van der Waals surface area contributed by atoms with E-state index in [-0.39, 0.29) is 24.3 Å². The quantitative estimate of drug-likeness (QED) is 0.804. The molecule has 1 aromatic rings. The normalized spacial score (nSPS) is 16.3. The molecule has 2 amide bonds. The topological polar surface area (TPSA) is 93.9 Å². The van der Waals surface area contributed by atoms with Gasteiger partial charge in [0.25, 0.3) is 5.91 Å². The number of likely N-dealkylation sites (N-methyl/N-ethyl adjacent to an activating group) is 1. The van der Waals surface area contributed by atoms with Crippen molar-refractivity contribution in [3.05, 3.63) is 24.3 Å². The van der Waals surface area contributed by atoms with Gasteiger partial charge in [-0.1, -0.05) is 0 Å². The van der Waals surface area contributed by atoms with Gasteiger partial charge in [0.1, 0.15) is 5.75 Å². The van der Waals surface area contributed by atoms with Crippen molar-refractivity contribution < 1.29 is 19.1 Å².